The zero-order valence-electron chi connectivity index (χ0n) is 18.6. The summed E-state index contributed by atoms with van der Waals surface area (Å²) >= 11 is 1.45. The molecule has 1 atom stereocenters. The summed E-state index contributed by atoms with van der Waals surface area (Å²) in [6.07, 6.45) is 2.86. The number of nitrogens with zero attached hydrogens (tertiary/aromatic N) is 5. The van der Waals surface area contributed by atoms with E-state index in [1.165, 1.54) is 23.2 Å². The van der Waals surface area contributed by atoms with Gasteiger partial charge in [0.25, 0.3) is 5.91 Å². The molecule has 4 heterocycles. The van der Waals surface area contributed by atoms with Crippen LogP contribution >= 0.6 is 11.3 Å². The summed E-state index contributed by atoms with van der Waals surface area (Å²) < 4.78 is 0. The first kappa shape index (κ1) is 22.3. The third-order valence-electron chi connectivity index (χ3n) is 6.00. The van der Waals surface area contributed by atoms with Crippen LogP contribution in [0.1, 0.15) is 54.8 Å². The maximum atomic E-state index is 13.3. The van der Waals surface area contributed by atoms with Gasteiger partial charge in [-0.1, -0.05) is 0 Å². The Morgan fingerprint density at radius 2 is 2.00 bits per heavy atom. The van der Waals surface area contributed by atoms with E-state index < -0.39 is 5.54 Å². The number of thiazole rings is 1. The molecule has 2 aliphatic heterocycles. The monoisotopic (exact) mass is 457 g/mol. The molecule has 11 heteroatoms. The standard InChI is InChI=1S/C21H27N7O3S/c1-12-9-16(24-14(3)23-12)11-28-18(30)21(26-20(28)31)5-7-27(8-6-21)13(2)17-10-22-19(32-17)25-15(4)29/h9-10,13H,5-8,11H2,1-4H3,(H,26,31)(H,22,25,29)/t13-/m1/s1. The lowest BCUT2D eigenvalue weighted by Crippen LogP contribution is -2.55. The van der Waals surface area contributed by atoms with Crippen LogP contribution in [0, 0.1) is 13.8 Å². The van der Waals surface area contributed by atoms with Gasteiger partial charge < -0.3 is 10.6 Å². The van der Waals surface area contributed by atoms with Crippen LogP contribution in [0.2, 0.25) is 0 Å². The normalized spacial score (nSPS) is 19.3. The van der Waals surface area contributed by atoms with Gasteiger partial charge in [0.2, 0.25) is 5.91 Å². The molecule has 4 rings (SSSR count). The number of hydrogen-bond donors (Lipinski definition) is 2. The van der Waals surface area contributed by atoms with Crippen LogP contribution in [-0.4, -0.2) is 61.2 Å². The van der Waals surface area contributed by atoms with Crippen molar-refractivity contribution in [3.05, 3.63) is 34.4 Å². The summed E-state index contributed by atoms with van der Waals surface area (Å²) in [7, 11) is 0. The van der Waals surface area contributed by atoms with Gasteiger partial charge in [0.05, 0.1) is 12.2 Å². The first-order valence-corrected chi connectivity index (χ1v) is 11.4. The van der Waals surface area contributed by atoms with E-state index in [1.807, 2.05) is 6.92 Å². The van der Waals surface area contributed by atoms with Gasteiger partial charge in [-0.15, -0.1) is 11.3 Å². The molecule has 0 saturated carbocycles. The molecular formula is C21H27N7O3S. The molecule has 2 aromatic rings. The predicted molar refractivity (Wildman–Crippen MR) is 119 cm³/mol. The number of piperidine rings is 1. The number of anilines is 1. The minimum absolute atomic E-state index is 0.0997. The highest BCUT2D eigenvalue weighted by atomic mass is 32.1. The Morgan fingerprint density at radius 3 is 2.66 bits per heavy atom. The number of carbonyl (C=O) groups excluding carboxylic acids is 3. The number of amides is 4. The first-order chi connectivity index (χ1) is 15.2. The largest absolute Gasteiger partial charge is 0.325 e. The van der Waals surface area contributed by atoms with Gasteiger partial charge in [-0.3, -0.25) is 19.4 Å². The van der Waals surface area contributed by atoms with Gasteiger partial charge in [-0.25, -0.2) is 19.7 Å². The number of nitrogens with one attached hydrogen (secondary N) is 2. The molecule has 2 aliphatic rings. The molecule has 10 nitrogen and oxygen atoms in total. The molecular weight excluding hydrogens is 430 g/mol. The first-order valence-electron chi connectivity index (χ1n) is 10.6. The summed E-state index contributed by atoms with van der Waals surface area (Å²) in [6, 6.07) is 1.53. The van der Waals surface area contributed by atoms with Crippen LogP contribution in [0.3, 0.4) is 0 Å². The third kappa shape index (κ3) is 4.35. The Bertz CT molecular complexity index is 1040. The lowest BCUT2D eigenvalue weighted by molar-refractivity contribution is -0.133. The van der Waals surface area contributed by atoms with Crippen molar-refractivity contribution in [1.29, 1.82) is 0 Å². The molecule has 32 heavy (non-hydrogen) atoms. The van der Waals surface area contributed by atoms with Gasteiger partial charge in [0, 0.05) is 42.8 Å². The SMILES string of the molecule is CC(=O)Nc1ncc([C@@H](C)N2CCC3(CC2)NC(=O)N(Cc2cc(C)nc(C)n2)C3=O)s1. The third-order valence-corrected chi connectivity index (χ3v) is 7.09. The van der Waals surface area contributed by atoms with E-state index >= 15 is 0 Å². The number of hydrogen-bond acceptors (Lipinski definition) is 8. The lowest BCUT2D eigenvalue weighted by Gasteiger charge is -2.39. The fourth-order valence-corrected chi connectivity index (χ4v) is 5.30. The zero-order valence-corrected chi connectivity index (χ0v) is 19.5. The molecule has 2 saturated heterocycles. The number of carbonyl (C=O) groups is 3. The molecule has 2 N–H and O–H groups in total. The van der Waals surface area contributed by atoms with E-state index in [4.69, 9.17) is 0 Å². The number of rotatable bonds is 5. The van der Waals surface area contributed by atoms with E-state index in [0.717, 1.165) is 10.6 Å². The highest BCUT2D eigenvalue weighted by Gasteiger charge is 2.52. The van der Waals surface area contributed by atoms with E-state index in [1.54, 1.807) is 19.2 Å². The topological polar surface area (TPSA) is 120 Å². The molecule has 170 valence electrons. The molecule has 0 aromatic carbocycles. The molecule has 0 bridgehead atoms. The number of imide groups is 1. The highest BCUT2D eigenvalue weighted by Crippen LogP contribution is 2.35. The molecule has 0 unspecified atom stereocenters. The van der Waals surface area contributed by atoms with Gasteiger partial charge in [-0.2, -0.15) is 0 Å². The Kier molecular flexibility index (Phi) is 5.95. The molecule has 2 aromatic heterocycles. The summed E-state index contributed by atoms with van der Waals surface area (Å²) in [5.74, 6) is 0.286. The average molecular weight is 458 g/mol. The Balaban J connectivity index is 1.41. The highest BCUT2D eigenvalue weighted by molar-refractivity contribution is 7.15. The van der Waals surface area contributed by atoms with Crippen molar-refractivity contribution < 1.29 is 14.4 Å². The van der Waals surface area contributed by atoms with Crippen LogP contribution < -0.4 is 10.6 Å². The maximum absolute atomic E-state index is 13.3. The van der Waals surface area contributed by atoms with Crippen molar-refractivity contribution in [1.82, 2.24) is 30.1 Å². The Labute approximate surface area is 190 Å². The van der Waals surface area contributed by atoms with Crippen molar-refractivity contribution in [3.8, 4) is 0 Å². The Hall–Kier alpha value is -2.92. The minimum atomic E-state index is -0.862. The second-order valence-electron chi connectivity index (χ2n) is 8.41. The van der Waals surface area contributed by atoms with Crippen molar-refractivity contribution in [2.24, 2.45) is 0 Å². The predicted octanol–water partition coefficient (Wildman–Crippen LogP) is 2.16. The molecule has 2 fully saturated rings. The summed E-state index contributed by atoms with van der Waals surface area (Å²) in [6.45, 7) is 8.68. The lowest BCUT2D eigenvalue weighted by atomic mass is 9.87. The summed E-state index contributed by atoms with van der Waals surface area (Å²) in [4.78, 5) is 54.6. The van der Waals surface area contributed by atoms with Crippen LogP contribution in [0.5, 0.6) is 0 Å². The number of urea groups is 1. The van der Waals surface area contributed by atoms with Gasteiger partial charge >= 0.3 is 6.03 Å². The van der Waals surface area contributed by atoms with Crippen molar-refractivity contribution in [2.45, 2.75) is 58.7 Å². The van der Waals surface area contributed by atoms with E-state index in [2.05, 4.69) is 37.4 Å². The minimum Gasteiger partial charge on any atom is -0.323 e. The molecule has 4 amide bonds. The van der Waals surface area contributed by atoms with Crippen molar-refractivity contribution in [2.75, 3.05) is 18.4 Å². The second-order valence-corrected chi connectivity index (χ2v) is 9.47. The zero-order chi connectivity index (χ0) is 23.0. The Morgan fingerprint density at radius 1 is 1.28 bits per heavy atom. The fraction of sp³-hybridized carbons (Fsp3) is 0.524. The van der Waals surface area contributed by atoms with E-state index in [9.17, 15) is 14.4 Å². The van der Waals surface area contributed by atoms with Gasteiger partial charge in [0.15, 0.2) is 5.13 Å². The fourth-order valence-electron chi connectivity index (χ4n) is 4.36. The number of likely N-dealkylation sites (tertiary alicyclic amines) is 1. The maximum Gasteiger partial charge on any atom is 0.325 e. The quantitative estimate of drug-likeness (QED) is 0.660. The van der Waals surface area contributed by atoms with Crippen LogP contribution in [0.15, 0.2) is 12.3 Å². The van der Waals surface area contributed by atoms with E-state index in [0.29, 0.717) is 42.6 Å². The molecule has 0 aliphatic carbocycles. The smallest absolute Gasteiger partial charge is 0.323 e. The van der Waals surface area contributed by atoms with Crippen molar-refractivity contribution >= 4 is 34.3 Å². The number of aromatic nitrogens is 3. The molecule has 0 radical (unpaired) electrons. The number of aryl methyl sites for hydroxylation is 2. The van der Waals surface area contributed by atoms with E-state index in [-0.39, 0.29) is 30.4 Å². The summed E-state index contributed by atoms with van der Waals surface area (Å²) in [5, 5.41) is 6.24. The second kappa shape index (κ2) is 8.55. The van der Waals surface area contributed by atoms with Crippen molar-refractivity contribution in [3.63, 3.8) is 0 Å². The van der Waals surface area contributed by atoms with Gasteiger partial charge in [0.1, 0.15) is 11.4 Å². The summed E-state index contributed by atoms with van der Waals surface area (Å²) in [5.41, 5.74) is 0.600. The van der Waals surface area contributed by atoms with Crippen LogP contribution in [0.25, 0.3) is 0 Å². The van der Waals surface area contributed by atoms with Crippen LogP contribution in [-0.2, 0) is 16.1 Å². The van der Waals surface area contributed by atoms with Gasteiger partial charge in [-0.05, 0) is 39.7 Å². The molecule has 1 spiro atoms. The van der Waals surface area contributed by atoms with Crippen LogP contribution in [0.4, 0.5) is 9.93 Å². The average Bonchev–Trinajstić information content (AvgIpc) is 3.26.